The van der Waals surface area contributed by atoms with Gasteiger partial charge < -0.3 is 14.8 Å². The van der Waals surface area contributed by atoms with Crippen molar-refractivity contribution in [2.24, 2.45) is 4.99 Å². The predicted molar refractivity (Wildman–Crippen MR) is 117 cm³/mol. The summed E-state index contributed by atoms with van der Waals surface area (Å²) < 4.78 is 11.4. The van der Waals surface area contributed by atoms with Crippen LogP contribution in [0.4, 0.5) is 0 Å². The predicted octanol–water partition coefficient (Wildman–Crippen LogP) is 4.78. The molecule has 4 rings (SSSR count). The number of hydrogen-bond acceptors (Lipinski definition) is 5. The van der Waals surface area contributed by atoms with E-state index in [4.69, 9.17) is 9.47 Å². The molecule has 0 aromatic heterocycles. The molecule has 1 saturated heterocycles. The molecule has 2 aromatic rings. The van der Waals surface area contributed by atoms with Crippen molar-refractivity contribution in [1.29, 1.82) is 0 Å². The van der Waals surface area contributed by atoms with Gasteiger partial charge in [0.1, 0.15) is 6.61 Å². The van der Waals surface area contributed by atoms with Gasteiger partial charge in [-0.05, 0) is 53.9 Å². The number of benzene rings is 2. The third kappa shape index (κ3) is 5.01. The molecule has 0 atom stereocenters. The average Bonchev–Trinajstić information content (AvgIpc) is 3.37. The van der Waals surface area contributed by atoms with Crippen LogP contribution in [-0.2, 0) is 11.4 Å². The van der Waals surface area contributed by atoms with Crippen molar-refractivity contribution in [2.45, 2.75) is 38.3 Å². The van der Waals surface area contributed by atoms with E-state index in [0.29, 0.717) is 34.2 Å². The number of ether oxygens (including phenoxy) is 2. The molecule has 150 valence electrons. The fourth-order valence-corrected chi connectivity index (χ4v) is 4.36. The first-order valence-electron chi connectivity index (χ1n) is 9.85. The van der Waals surface area contributed by atoms with E-state index in [-0.39, 0.29) is 5.91 Å². The third-order valence-electron chi connectivity index (χ3n) is 5.00. The molecule has 1 aliphatic heterocycles. The topological polar surface area (TPSA) is 59.9 Å². The van der Waals surface area contributed by atoms with Crippen LogP contribution >= 0.6 is 11.8 Å². The highest BCUT2D eigenvalue weighted by Gasteiger charge is 2.25. The number of aliphatic imine (C=N–C) groups is 1. The summed E-state index contributed by atoms with van der Waals surface area (Å²) in [4.78, 5) is 17.6. The Morgan fingerprint density at radius 3 is 2.69 bits per heavy atom. The first-order chi connectivity index (χ1) is 14.2. The number of carbonyl (C=O) groups is 1. The van der Waals surface area contributed by atoms with Gasteiger partial charge in [0.25, 0.3) is 5.91 Å². The number of methoxy groups -OCH3 is 1. The summed E-state index contributed by atoms with van der Waals surface area (Å²) in [5.41, 5.74) is 1.97. The molecule has 1 aliphatic carbocycles. The molecule has 6 heteroatoms. The summed E-state index contributed by atoms with van der Waals surface area (Å²) in [5.74, 6) is 1.21. The van der Waals surface area contributed by atoms with Crippen LogP contribution < -0.4 is 14.8 Å². The van der Waals surface area contributed by atoms with Crippen molar-refractivity contribution in [1.82, 2.24) is 5.32 Å². The van der Waals surface area contributed by atoms with Gasteiger partial charge in [-0.2, -0.15) is 0 Å². The van der Waals surface area contributed by atoms with E-state index in [1.165, 1.54) is 24.6 Å². The smallest absolute Gasteiger partial charge is 0.264 e. The standard InChI is InChI=1S/C23H24N2O3S/c1-27-20-13-17(11-12-19(20)28-15-16-7-3-2-4-8-16)14-21-22(26)25-23(29-21)24-18-9-5-6-10-18/h2-4,7-8,11-14,18H,5-6,9-10,15H2,1H3,(H,24,25,26)/b21-14-. The molecular weight excluding hydrogens is 384 g/mol. The van der Waals surface area contributed by atoms with Crippen LogP contribution in [0.15, 0.2) is 58.4 Å². The lowest BCUT2D eigenvalue weighted by atomic mass is 10.2. The molecule has 0 spiro atoms. The monoisotopic (exact) mass is 408 g/mol. The van der Waals surface area contributed by atoms with Crippen molar-refractivity contribution in [3.05, 3.63) is 64.6 Å². The van der Waals surface area contributed by atoms with Crippen LogP contribution in [0.1, 0.15) is 36.8 Å². The maximum atomic E-state index is 12.3. The molecule has 5 nitrogen and oxygen atoms in total. The van der Waals surface area contributed by atoms with Crippen LogP contribution in [0.25, 0.3) is 6.08 Å². The van der Waals surface area contributed by atoms with Gasteiger partial charge in [-0.1, -0.05) is 49.2 Å². The van der Waals surface area contributed by atoms with Gasteiger partial charge in [-0.25, -0.2) is 0 Å². The molecule has 0 unspecified atom stereocenters. The molecule has 2 aliphatic rings. The Kier molecular flexibility index (Phi) is 6.20. The van der Waals surface area contributed by atoms with Crippen LogP contribution in [0, 0.1) is 0 Å². The molecule has 1 saturated carbocycles. The Bertz CT molecular complexity index is 934. The van der Waals surface area contributed by atoms with Gasteiger partial charge in [0, 0.05) is 0 Å². The van der Waals surface area contributed by atoms with E-state index in [2.05, 4.69) is 10.3 Å². The Hall–Kier alpha value is -2.73. The first kappa shape index (κ1) is 19.6. The minimum absolute atomic E-state index is 0.102. The molecule has 1 N–H and O–H groups in total. The van der Waals surface area contributed by atoms with Crippen LogP contribution in [0.5, 0.6) is 11.5 Å². The highest BCUT2D eigenvalue weighted by atomic mass is 32.2. The summed E-state index contributed by atoms with van der Waals surface area (Å²) in [6.07, 6.45) is 6.53. The number of nitrogens with one attached hydrogen (secondary N) is 1. The van der Waals surface area contributed by atoms with Gasteiger partial charge in [0.15, 0.2) is 16.7 Å². The molecule has 1 amide bonds. The first-order valence-corrected chi connectivity index (χ1v) is 10.7. The van der Waals surface area contributed by atoms with Crippen molar-refractivity contribution in [3.63, 3.8) is 0 Å². The molecule has 1 heterocycles. The average molecular weight is 409 g/mol. The lowest BCUT2D eigenvalue weighted by Crippen LogP contribution is -2.21. The van der Waals surface area contributed by atoms with Crippen LogP contribution in [0.3, 0.4) is 0 Å². The van der Waals surface area contributed by atoms with E-state index in [9.17, 15) is 4.79 Å². The minimum atomic E-state index is -0.102. The van der Waals surface area contributed by atoms with E-state index >= 15 is 0 Å². The zero-order valence-electron chi connectivity index (χ0n) is 16.4. The second kappa shape index (κ2) is 9.18. The second-order valence-electron chi connectivity index (χ2n) is 7.12. The summed E-state index contributed by atoms with van der Waals surface area (Å²) >= 11 is 1.40. The lowest BCUT2D eigenvalue weighted by molar-refractivity contribution is -0.115. The quantitative estimate of drug-likeness (QED) is 0.699. The number of nitrogens with zero attached hydrogens (tertiary/aromatic N) is 1. The summed E-state index contributed by atoms with van der Waals surface area (Å²) in [7, 11) is 1.62. The van der Waals surface area contributed by atoms with E-state index in [0.717, 1.165) is 24.0 Å². The number of thioether (sulfide) groups is 1. The SMILES string of the molecule is COc1cc(/C=C2\SC(=NC3CCCC3)NC2=O)ccc1OCc1ccccc1. The zero-order valence-corrected chi connectivity index (χ0v) is 17.2. The highest BCUT2D eigenvalue weighted by Crippen LogP contribution is 2.33. The summed E-state index contributed by atoms with van der Waals surface area (Å²) in [6, 6.07) is 16.0. The van der Waals surface area contributed by atoms with Crippen molar-refractivity contribution < 1.29 is 14.3 Å². The number of amidine groups is 1. The largest absolute Gasteiger partial charge is 0.493 e. The van der Waals surface area contributed by atoms with Gasteiger partial charge in [-0.15, -0.1) is 0 Å². The molecule has 2 fully saturated rings. The molecule has 29 heavy (non-hydrogen) atoms. The Morgan fingerprint density at radius 1 is 1.14 bits per heavy atom. The van der Waals surface area contributed by atoms with Crippen molar-refractivity contribution in [2.75, 3.05) is 7.11 Å². The Balaban J connectivity index is 1.46. The van der Waals surface area contributed by atoms with Gasteiger partial charge in [0.2, 0.25) is 0 Å². The van der Waals surface area contributed by atoms with Gasteiger partial charge >= 0.3 is 0 Å². The number of rotatable bonds is 6. The van der Waals surface area contributed by atoms with Crippen LogP contribution in [0.2, 0.25) is 0 Å². The van der Waals surface area contributed by atoms with Crippen molar-refractivity contribution in [3.8, 4) is 11.5 Å². The Morgan fingerprint density at radius 2 is 1.93 bits per heavy atom. The fourth-order valence-electron chi connectivity index (χ4n) is 3.47. The lowest BCUT2D eigenvalue weighted by Gasteiger charge is -2.11. The molecular formula is C23H24N2O3S. The summed E-state index contributed by atoms with van der Waals surface area (Å²) in [6.45, 7) is 0.469. The maximum absolute atomic E-state index is 12.3. The molecule has 0 radical (unpaired) electrons. The highest BCUT2D eigenvalue weighted by molar-refractivity contribution is 8.18. The normalized spacial score (nSPS) is 19.7. The number of hydrogen-bond donors (Lipinski definition) is 1. The number of carbonyl (C=O) groups excluding carboxylic acids is 1. The van der Waals surface area contributed by atoms with Crippen LogP contribution in [-0.4, -0.2) is 24.2 Å². The van der Waals surface area contributed by atoms with Gasteiger partial charge in [-0.3, -0.25) is 9.79 Å². The zero-order chi connectivity index (χ0) is 20.1. The van der Waals surface area contributed by atoms with Gasteiger partial charge in [0.05, 0.1) is 18.1 Å². The minimum Gasteiger partial charge on any atom is -0.493 e. The Labute approximate surface area is 175 Å². The van der Waals surface area contributed by atoms with Crippen molar-refractivity contribution >= 4 is 28.9 Å². The second-order valence-corrected chi connectivity index (χ2v) is 8.15. The maximum Gasteiger partial charge on any atom is 0.264 e. The molecule has 2 aromatic carbocycles. The van der Waals surface area contributed by atoms with E-state index < -0.39 is 0 Å². The number of amides is 1. The molecule has 0 bridgehead atoms. The van der Waals surface area contributed by atoms with E-state index in [1.807, 2.05) is 54.6 Å². The third-order valence-corrected chi connectivity index (χ3v) is 5.92. The van der Waals surface area contributed by atoms with E-state index in [1.54, 1.807) is 7.11 Å². The fraction of sp³-hybridized carbons (Fsp3) is 0.304. The summed E-state index contributed by atoms with van der Waals surface area (Å²) in [5, 5.41) is 3.59.